The van der Waals surface area contributed by atoms with Gasteiger partial charge >= 0.3 is 0 Å². The van der Waals surface area contributed by atoms with E-state index in [0.717, 1.165) is 38.4 Å². The van der Waals surface area contributed by atoms with Crippen molar-refractivity contribution in [1.29, 1.82) is 0 Å². The number of pyridine rings is 1. The third-order valence-electron chi connectivity index (χ3n) is 5.80. The smallest absolute Gasteiger partial charge is 0.248 e. The van der Waals surface area contributed by atoms with Crippen molar-refractivity contribution in [2.24, 2.45) is 0 Å². The Morgan fingerprint density at radius 3 is 2.52 bits per heavy atom. The van der Waals surface area contributed by atoms with Gasteiger partial charge in [-0.15, -0.1) is 0 Å². The number of hydrogen-bond acceptors (Lipinski definition) is 3. The Balaban J connectivity index is 1.53. The molecule has 0 saturated heterocycles. The minimum Gasteiger partial charge on any atom is -0.490 e. The molecule has 0 unspecified atom stereocenters. The van der Waals surface area contributed by atoms with Crippen LogP contribution >= 0.6 is 34.8 Å². The summed E-state index contributed by atoms with van der Waals surface area (Å²) >= 11 is 18.9. The highest BCUT2D eigenvalue weighted by molar-refractivity contribution is 6.51. The number of unbranched alkanes of at least 4 members (excludes halogenated alkanes) is 2. The molecule has 160 valence electrons. The zero-order valence-corrected chi connectivity index (χ0v) is 19.2. The Hall–Kier alpha value is -0.940. The highest BCUT2D eigenvalue weighted by atomic mass is 35.5. The summed E-state index contributed by atoms with van der Waals surface area (Å²) in [5.74, 6) is 0.395. The maximum absolute atomic E-state index is 11.7. The number of hydrogen-bond donors (Lipinski definition) is 1. The van der Waals surface area contributed by atoms with Crippen LogP contribution < -0.4 is 10.3 Å². The molecule has 0 radical (unpaired) electrons. The Labute approximate surface area is 187 Å². The second-order valence-electron chi connectivity index (χ2n) is 7.71. The molecule has 0 atom stereocenters. The Morgan fingerprint density at radius 2 is 1.79 bits per heavy atom. The fraction of sp³-hybridized carbons (Fsp3) is 0.591. The van der Waals surface area contributed by atoms with Gasteiger partial charge in [-0.05, 0) is 51.3 Å². The molecule has 0 aliphatic heterocycles. The molecule has 4 nitrogen and oxygen atoms in total. The minimum atomic E-state index is -0.237. The number of aromatic nitrogens is 1. The van der Waals surface area contributed by atoms with Crippen LogP contribution in [0.4, 0.5) is 0 Å². The number of aromatic amines is 1. The molecule has 1 fully saturated rings. The van der Waals surface area contributed by atoms with Gasteiger partial charge < -0.3 is 14.6 Å². The predicted molar refractivity (Wildman–Crippen MR) is 123 cm³/mol. The molecule has 1 aliphatic carbocycles. The van der Waals surface area contributed by atoms with Crippen LogP contribution in [0, 0.1) is 0 Å². The first-order valence-electron chi connectivity index (χ1n) is 10.6. The third kappa shape index (κ3) is 5.61. The van der Waals surface area contributed by atoms with Crippen LogP contribution in [-0.2, 0) is 0 Å². The molecule has 0 amide bonds. The van der Waals surface area contributed by atoms with Gasteiger partial charge in [0.25, 0.3) is 0 Å². The lowest BCUT2D eigenvalue weighted by Crippen LogP contribution is -2.37. The van der Waals surface area contributed by atoms with Gasteiger partial charge in [0.1, 0.15) is 5.02 Å². The van der Waals surface area contributed by atoms with Crippen molar-refractivity contribution in [3.8, 4) is 5.75 Å². The van der Waals surface area contributed by atoms with E-state index in [4.69, 9.17) is 39.5 Å². The molecule has 29 heavy (non-hydrogen) atoms. The Bertz CT molecular complexity index is 878. The predicted octanol–water partition coefficient (Wildman–Crippen LogP) is 6.69. The third-order valence-corrected chi connectivity index (χ3v) is 7.13. The van der Waals surface area contributed by atoms with Crippen LogP contribution in [-0.4, -0.2) is 35.6 Å². The average molecular weight is 460 g/mol. The van der Waals surface area contributed by atoms with Crippen LogP contribution in [0.3, 0.4) is 0 Å². The van der Waals surface area contributed by atoms with Crippen molar-refractivity contribution < 1.29 is 4.74 Å². The number of benzene rings is 1. The van der Waals surface area contributed by atoms with Gasteiger partial charge in [0, 0.05) is 17.5 Å². The quantitative estimate of drug-likeness (QED) is 0.335. The van der Waals surface area contributed by atoms with Gasteiger partial charge in [0.15, 0.2) is 5.75 Å². The van der Waals surface area contributed by atoms with E-state index in [2.05, 4.69) is 16.8 Å². The Kier molecular flexibility index (Phi) is 8.55. The first-order valence-corrected chi connectivity index (χ1v) is 11.7. The topological polar surface area (TPSA) is 45.3 Å². The van der Waals surface area contributed by atoms with Crippen molar-refractivity contribution in [2.45, 2.75) is 64.3 Å². The van der Waals surface area contributed by atoms with Crippen LogP contribution in [0.15, 0.2) is 16.9 Å². The second kappa shape index (κ2) is 10.9. The SMILES string of the molecule is CCN(CCCCCOc1c(Cl)c(Cl)c(Cl)c2ccc(=O)[nH]c12)C1CCCCC1. The highest BCUT2D eigenvalue weighted by Gasteiger charge is 2.20. The second-order valence-corrected chi connectivity index (χ2v) is 8.85. The lowest BCUT2D eigenvalue weighted by atomic mass is 9.94. The summed E-state index contributed by atoms with van der Waals surface area (Å²) in [6.07, 6.45) is 9.97. The molecule has 0 spiro atoms. The molecule has 1 saturated carbocycles. The largest absolute Gasteiger partial charge is 0.490 e. The molecule has 3 rings (SSSR count). The molecule has 1 aromatic heterocycles. The van der Waals surface area contributed by atoms with Crippen molar-refractivity contribution >= 4 is 45.7 Å². The summed E-state index contributed by atoms with van der Waals surface area (Å²) in [6.45, 7) is 5.04. The maximum atomic E-state index is 11.7. The fourth-order valence-corrected chi connectivity index (χ4v) is 4.94. The number of halogens is 3. The number of rotatable bonds is 9. The lowest BCUT2D eigenvalue weighted by Gasteiger charge is -2.33. The molecule has 7 heteroatoms. The van der Waals surface area contributed by atoms with Gasteiger partial charge in [-0.1, -0.05) is 61.0 Å². The summed E-state index contributed by atoms with van der Waals surface area (Å²) in [6, 6.07) is 3.81. The van der Waals surface area contributed by atoms with E-state index in [1.807, 2.05) is 0 Å². The van der Waals surface area contributed by atoms with Gasteiger partial charge in [-0.2, -0.15) is 0 Å². The van der Waals surface area contributed by atoms with E-state index in [-0.39, 0.29) is 15.6 Å². The monoisotopic (exact) mass is 458 g/mol. The van der Waals surface area contributed by atoms with Crippen molar-refractivity contribution in [3.63, 3.8) is 0 Å². The highest BCUT2D eigenvalue weighted by Crippen LogP contribution is 2.43. The van der Waals surface area contributed by atoms with Gasteiger partial charge in [0.2, 0.25) is 5.56 Å². The summed E-state index contributed by atoms with van der Waals surface area (Å²) in [5, 5.41) is 1.42. The van der Waals surface area contributed by atoms with Gasteiger partial charge in [-0.3, -0.25) is 4.79 Å². The first-order chi connectivity index (χ1) is 14.0. The van der Waals surface area contributed by atoms with Crippen molar-refractivity contribution in [1.82, 2.24) is 9.88 Å². The number of nitrogens with one attached hydrogen (secondary N) is 1. The summed E-state index contributed by atoms with van der Waals surface area (Å²) < 4.78 is 5.93. The average Bonchev–Trinajstić information content (AvgIpc) is 2.74. The van der Waals surface area contributed by atoms with E-state index >= 15 is 0 Å². The van der Waals surface area contributed by atoms with E-state index in [1.54, 1.807) is 6.07 Å². The molecule has 0 bridgehead atoms. The van der Waals surface area contributed by atoms with Crippen molar-refractivity contribution in [2.75, 3.05) is 19.7 Å². The maximum Gasteiger partial charge on any atom is 0.248 e. The normalized spacial score (nSPS) is 15.3. The molecular weight excluding hydrogens is 431 g/mol. The fourth-order valence-electron chi connectivity index (χ4n) is 4.21. The molecule has 1 aromatic carbocycles. The van der Waals surface area contributed by atoms with E-state index in [0.29, 0.717) is 28.3 Å². The van der Waals surface area contributed by atoms with Gasteiger partial charge in [0.05, 0.1) is 22.2 Å². The summed E-state index contributed by atoms with van der Waals surface area (Å²) in [7, 11) is 0. The lowest BCUT2D eigenvalue weighted by molar-refractivity contribution is 0.159. The van der Waals surface area contributed by atoms with E-state index in [9.17, 15) is 4.79 Å². The number of nitrogens with zero attached hydrogens (tertiary/aromatic N) is 1. The van der Waals surface area contributed by atoms with E-state index < -0.39 is 0 Å². The van der Waals surface area contributed by atoms with Crippen LogP contribution in [0.1, 0.15) is 58.3 Å². The van der Waals surface area contributed by atoms with Crippen LogP contribution in [0.25, 0.3) is 10.9 Å². The molecule has 2 aromatic rings. The molecular formula is C22H29Cl3N2O2. The zero-order chi connectivity index (χ0) is 20.8. The zero-order valence-electron chi connectivity index (χ0n) is 16.9. The molecule has 1 aliphatic rings. The molecule has 1 heterocycles. The standard InChI is InChI=1S/C22H29Cl3N2O2/c1-2-27(15-9-5-3-6-10-15)13-7-4-8-14-29-22-20(25)19(24)18(23)16-11-12-17(28)26-21(16)22/h11-12,15H,2-10,13-14H2,1H3,(H,26,28). The van der Waals surface area contributed by atoms with Crippen LogP contribution in [0.5, 0.6) is 5.75 Å². The number of fused-ring (bicyclic) bond motifs is 1. The number of ether oxygens (including phenoxy) is 1. The number of H-pyrrole nitrogens is 1. The summed E-state index contributed by atoms with van der Waals surface area (Å²) in [5.41, 5.74) is 0.255. The van der Waals surface area contributed by atoms with Crippen molar-refractivity contribution in [3.05, 3.63) is 37.6 Å². The van der Waals surface area contributed by atoms with Gasteiger partial charge in [-0.25, -0.2) is 0 Å². The van der Waals surface area contributed by atoms with Crippen LogP contribution in [0.2, 0.25) is 15.1 Å². The minimum absolute atomic E-state index is 0.237. The van der Waals surface area contributed by atoms with E-state index in [1.165, 1.54) is 38.2 Å². The Morgan fingerprint density at radius 1 is 1.03 bits per heavy atom. The summed E-state index contributed by atoms with van der Waals surface area (Å²) in [4.78, 5) is 17.1. The molecule has 1 N–H and O–H groups in total. The first kappa shape index (κ1) is 22.7.